The average Bonchev–Trinajstić information content (AvgIpc) is 2.47. The molecule has 1 aromatic carbocycles. The number of rotatable bonds is 7. The summed E-state index contributed by atoms with van der Waals surface area (Å²) in [7, 11) is -3.72. The van der Waals surface area contributed by atoms with Gasteiger partial charge in [0.25, 0.3) is 5.91 Å². The topological polar surface area (TPSA) is 57.7 Å². The number of halogens is 1. The van der Waals surface area contributed by atoms with Gasteiger partial charge in [0.1, 0.15) is 4.90 Å². The molecule has 5 nitrogen and oxygen atoms in total. The summed E-state index contributed by atoms with van der Waals surface area (Å²) in [5, 5.41) is 0.124. The van der Waals surface area contributed by atoms with Crippen LogP contribution in [0.5, 0.6) is 0 Å². The molecule has 0 radical (unpaired) electrons. The minimum atomic E-state index is -3.72. The maximum atomic E-state index is 12.8. The van der Waals surface area contributed by atoms with E-state index < -0.39 is 10.0 Å². The van der Waals surface area contributed by atoms with Crippen LogP contribution in [0.1, 0.15) is 51.9 Å². The van der Waals surface area contributed by atoms with Crippen molar-refractivity contribution < 1.29 is 13.2 Å². The molecular weight excluding hydrogens is 348 g/mol. The number of hydrogen-bond acceptors (Lipinski definition) is 3. The molecule has 0 aromatic heterocycles. The van der Waals surface area contributed by atoms with Crippen LogP contribution in [0.3, 0.4) is 0 Å². The summed E-state index contributed by atoms with van der Waals surface area (Å²) in [6.45, 7) is 12.0. The van der Waals surface area contributed by atoms with Crippen LogP contribution in [0.2, 0.25) is 5.02 Å². The van der Waals surface area contributed by atoms with Gasteiger partial charge in [-0.15, -0.1) is 0 Å². The van der Waals surface area contributed by atoms with Gasteiger partial charge in [-0.05, 0) is 45.9 Å². The van der Waals surface area contributed by atoms with Crippen LogP contribution in [0.25, 0.3) is 0 Å². The summed E-state index contributed by atoms with van der Waals surface area (Å²) in [6.07, 6.45) is 0. The normalized spacial score (nSPS) is 12.2. The van der Waals surface area contributed by atoms with Gasteiger partial charge in [0.2, 0.25) is 10.0 Å². The Morgan fingerprint density at radius 1 is 1.08 bits per heavy atom. The van der Waals surface area contributed by atoms with Gasteiger partial charge in [0.15, 0.2) is 0 Å². The van der Waals surface area contributed by atoms with E-state index in [1.807, 2.05) is 27.7 Å². The van der Waals surface area contributed by atoms with Crippen molar-refractivity contribution in [3.8, 4) is 0 Å². The maximum absolute atomic E-state index is 12.8. The van der Waals surface area contributed by atoms with Gasteiger partial charge in [-0.25, -0.2) is 8.42 Å². The Morgan fingerprint density at radius 2 is 1.58 bits per heavy atom. The van der Waals surface area contributed by atoms with Crippen molar-refractivity contribution in [2.24, 2.45) is 0 Å². The fraction of sp³-hybridized carbons (Fsp3) is 0.588. The van der Waals surface area contributed by atoms with Crippen molar-refractivity contribution in [2.75, 3.05) is 13.1 Å². The summed E-state index contributed by atoms with van der Waals surface area (Å²) in [4.78, 5) is 14.5. The first-order chi connectivity index (χ1) is 11.1. The summed E-state index contributed by atoms with van der Waals surface area (Å²) >= 11 is 6.12. The SMILES string of the molecule is CCN(CC)S(=O)(=O)c1cc(C(=O)N(C(C)C)C(C)C)ccc1Cl. The van der Waals surface area contributed by atoms with E-state index in [2.05, 4.69) is 0 Å². The zero-order valence-corrected chi connectivity index (χ0v) is 16.8. The second-order valence-electron chi connectivity index (χ2n) is 6.13. The van der Waals surface area contributed by atoms with E-state index in [-0.39, 0.29) is 27.9 Å². The second-order valence-corrected chi connectivity index (χ2v) is 8.45. The maximum Gasteiger partial charge on any atom is 0.254 e. The highest BCUT2D eigenvalue weighted by atomic mass is 35.5. The smallest absolute Gasteiger partial charge is 0.254 e. The van der Waals surface area contributed by atoms with Gasteiger partial charge in [-0.1, -0.05) is 25.4 Å². The number of carbonyl (C=O) groups is 1. The highest BCUT2D eigenvalue weighted by Crippen LogP contribution is 2.27. The lowest BCUT2D eigenvalue weighted by Gasteiger charge is -2.31. The number of carbonyl (C=O) groups excluding carboxylic acids is 1. The van der Waals surface area contributed by atoms with Gasteiger partial charge < -0.3 is 4.90 Å². The molecule has 0 fully saturated rings. The number of hydrogen-bond donors (Lipinski definition) is 0. The van der Waals surface area contributed by atoms with Crippen molar-refractivity contribution in [1.29, 1.82) is 0 Å². The van der Waals surface area contributed by atoms with E-state index in [1.54, 1.807) is 24.8 Å². The van der Waals surface area contributed by atoms with E-state index >= 15 is 0 Å². The zero-order chi connectivity index (χ0) is 18.7. The second kappa shape index (κ2) is 8.32. The van der Waals surface area contributed by atoms with Crippen molar-refractivity contribution >= 4 is 27.5 Å². The largest absolute Gasteiger partial charge is 0.334 e. The molecule has 136 valence electrons. The third-order valence-corrected chi connectivity index (χ3v) is 6.38. The quantitative estimate of drug-likeness (QED) is 0.732. The molecule has 0 atom stereocenters. The van der Waals surface area contributed by atoms with Crippen LogP contribution in [0.15, 0.2) is 23.1 Å². The third kappa shape index (κ3) is 4.29. The number of sulfonamides is 1. The van der Waals surface area contributed by atoms with E-state index in [9.17, 15) is 13.2 Å². The first-order valence-corrected chi connectivity index (χ1v) is 10.0. The highest BCUT2D eigenvalue weighted by molar-refractivity contribution is 7.89. The molecular formula is C17H27ClN2O3S. The van der Waals surface area contributed by atoms with Crippen LogP contribution < -0.4 is 0 Å². The lowest BCUT2D eigenvalue weighted by molar-refractivity contribution is 0.0643. The van der Waals surface area contributed by atoms with E-state index in [0.29, 0.717) is 18.7 Å². The fourth-order valence-electron chi connectivity index (χ4n) is 2.75. The third-order valence-electron chi connectivity index (χ3n) is 3.85. The van der Waals surface area contributed by atoms with Crippen molar-refractivity contribution in [1.82, 2.24) is 9.21 Å². The Kier molecular flexibility index (Phi) is 7.25. The highest BCUT2D eigenvalue weighted by Gasteiger charge is 2.27. The Hall–Kier alpha value is -1.11. The molecule has 0 heterocycles. The number of nitrogens with zero attached hydrogens (tertiary/aromatic N) is 2. The summed E-state index contributed by atoms with van der Waals surface area (Å²) in [5.41, 5.74) is 0.326. The fourth-order valence-corrected chi connectivity index (χ4v) is 4.71. The van der Waals surface area contributed by atoms with Crippen LogP contribution in [-0.2, 0) is 10.0 Å². The summed E-state index contributed by atoms with van der Waals surface area (Å²) in [5.74, 6) is -0.201. The van der Waals surface area contributed by atoms with Gasteiger partial charge in [-0.2, -0.15) is 4.31 Å². The molecule has 1 amide bonds. The van der Waals surface area contributed by atoms with Crippen molar-refractivity contribution in [3.63, 3.8) is 0 Å². The number of amides is 1. The molecule has 0 N–H and O–H groups in total. The van der Waals surface area contributed by atoms with Crippen molar-refractivity contribution in [2.45, 2.75) is 58.5 Å². The molecule has 0 spiro atoms. The van der Waals surface area contributed by atoms with Gasteiger partial charge in [-0.3, -0.25) is 4.79 Å². The number of benzene rings is 1. The van der Waals surface area contributed by atoms with Crippen molar-refractivity contribution in [3.05, 3.63) is 28.8 Å². The van der Waals surface area contributed by atoms with Gasteiger partial charge in [0.05, 0.1) is 5.02 Å². The lowest BCUT2D eigenvalue weighted by atomic mass is 10.1. The molecule has 24 heavy (non-hydrogen) atoms. The summed E-state index contributed by atoms with van der Waals surface area (Å²) < 4.78 is 26.8. The molecule has 1 aromatic rings. The average molecular weight is 375 g/mol. The van der Waals surface area contributed by atoms with E-state index in [1.165, 1.54) is 16.4 Å². The lowest BCUT2D eigenvalue weighted by Crippen LogP contribution is -2.42. The van der Waals surface area contributed by atoms with Crippen LogP contribution in [0.4, 0.5) is 0 Å². The van der Waals surface area contributed by atoms with Crippen LogP contribution >= 0.6 is 11.6 Å². The molecule has 1 rings (SSSR count). The summed E-state index contributed by atoms with van der Waals surface area (Å²) in [6, 6.07) is 4.45. The Labute approximate surface area is 150 Å². The molecule has 0 saturated carbocycles. The monoisotopic (exact) mass is 374 g/mol. The van der Waals surface area contributed by atoms with E-state index in [4.69, 9.17) is 11.6 Å². The Balaban J connectivity index is 3.40. The molecule has 7 heteroatoms. The molecule has 0 aliphatic carbocycles. The minimum Gasteiger partial charge on any atom is -0.334 e. The molecule has 0 aliphatic heterocycles. The van der Waals surface area contributed by atoms with Crippen LogP contribution in [-0.4, -0.2) is 48.7 Å². The van der Waals surface area contributed by atoms with E-state index in [0.717, 1.165) is 0 Å². The predicted molar refractivity (Wildman–Crippen MR) is 98.0 cm³/mol. The van der Waals surface area contributed by atoms with Crippen LogP contribution in [0, 0.1) is 0 Å². The molecule has 0 unspecified atom stereocenters. The Morgan fingerprint density at radius 3 is 2.00 bits per heavy atom. The Bertz CT molecular complexity index is 675. The van der Waals surface area contributed by atoms with Gasteiger partial charge >= 0.3 is 0 Å². The predicted octanol–water partition coefficient (Wildman–Crippen LogP) is 3.63. The zero-order valence-electron chi connectivity index (χ0n) is 15.2. The first kappa shape index (κ1) is 20.9. The molecule has 0 aliphatic rings. The first-order valence-electron chi connectivity index (χ1n) is 8.20. The molecule has 0 bridgehead atoms. The molecule has 0 saturated heterocycles. The standard InChI is InChI=1S/C17H27ClN2O3S/c1-7-19(8-2)24(22,23)16-11-14(9-10-15(16)18)17(21)20(12(3)4)13(5)6/h9-13H,7-8H2,1-6H3. The van der Waals surface area contributed by atoms with Gasteiger partial charge in [0, 0.05) is 30.7 Å². The minimum absolute atomic E-state index is 0.0102.